The first-order valence-electron chi connectivity index (χ1n) is 8.09. The summed E-state index contributed by atoms with van der Waals surface area (Å²) >= 11 is 0. The minimum Gasteiger partial charge on any atom is -0.365 e. The molecular weight excluding hydrogens is 324 g/mol. The molecule has 0 atom stereocenters. The number of rotatable bonds is 2. The molecule has 1 spiro atoms. The van der Waals surface area contributed by atoms with Crippen LogP contribution in [-0.2, 0) is 16.6 Å². The molecule has 2 aliphatic heterocycles. The summed E-state index contributed by atoms with van der Waals surface area (Å²) in [7, 11) is -3.47. The van der Waals surface area contributed by atoms with E-state index in [1.807, 2.05) is 24.4 Å². The van der Waals surface area contributed by atoms with Crippen LogP contribution in [0.3, 0.4) is 0 Å². The number of hydrogen-bond acceptors (Lipinski definition) is 5. The van der Waals surface area contributed by atoms with Crippen LogP contribution in [0.4, 0.5) is 5.69 Å². The Hall–Kier alpha value is -1.96. The average molecular weight is 344 g/mol. The largest absolute Gasteiger partial charge is 0.365 e. The minimum atomic E-state index is -3.47. The Kier molecular flexibility index (Phi) is 3.79. The lowest BCUT2D eigenvalue weighted by atomic mass is 9.96. The van der Waals surface area contributed by atoms with Gasteiger partial charge in [0.15, 0.2) is 0 Å². The zero-order valence-corrected chi connectivity index (χ0v) is 14.1. The van der Waals surface area contributed by atoms with Crippen LogP contribution in [0.25, 0.3) is 0 Å². The first kappa shape index (κ1) is 15.6. The van der Waals surface area contributed by atoms with E-state index in [0.29, 0.717) is 10.6 Å². The number of pyridine rings is 1. The zero-order valence-electron chi connectivity index (χ0n) is 13.3. The molecule has 2 aliphatic rings. The highest BCUT2D eigenvalue weighted by molar-refractivity contribution is 7.89. The van der Waals surface area contributed by atoms with Crippen molar-refractivity contribution in [1.82, 2.24) is 14.6 Å². The molecule has 7 heteroatoms. The van der Waals surface area contributed by atoms with Crippen molar-refractivity contribution < 1.29 is 8.42 Å². The van der Waals surface area contributed by atoms with Gasteiger partial charge in [-0.3, -0.25) is 9.88 Å². The Morgan fingerprint density at radius 2 is 1.92 bits per heavy atom. The van der Waals surface area contributed by atoms with Crippen LogP contribution < -0.4 is 10.0 Å². The molecule has 2 aromatic rings. The molecule has 1 fully saturated rings. The summed E-state index contributed by atoms with van der Waals surface area (Å²) in [4.78, 5) is 6.81. The number of fused-ring (bicyclic) bond motifs is 1. The van der Waals surface area contributed by atoms with Crippen molar-refractivity contribution in [1.29, 1.82) is 0 Å². The maximum Gasteiger partial charge on any atom is 0.244 e. The van der Waals surface area contributed by atoms with Crippen molar-refractivity contribution in [2.75, 3.05) is 18.4 Å². The number of anilines is 1. The van der Waals surface area contributed by atoms with Gasteiger partial charge in [-0.2, -0.15) is 4.72 Å². The normalized spacial score (nSPS) is 21.8. The fourth-order valence-electron chi connectivity index (χ4n) is 3.47. The molecule has 6 nitrogen and oxygen atoms in total. The average Bonchev–Trinajstić information content (AvgIpc) is 2.58. The lowest BCUT2D eigenvalue weighted by Crippen LogP contribution is -2.61. The summed E-state index contributed by atoms with van der Waals surface area (Å²) in [5, 5.41) is 3.42. The fraction of sp³-hybridized carbons (Fsp3) is 0.353. The van der Waals surface area contributed by atoms with E-state index in [-0.39, 0.29) is 0 Å². The second-order valence-electron chi connectivity index (χ2n) is 6.45. The maximum absolute atomic E-state index is 12.5. The molecule has 0 radical (unpaired) electrons. The number of aromatic nitrogens is 1. The van der Waals surface area contributed by atoms with E-state index in [2.05, 4.69) is 26.0 Å². The Labute approximate surface area is 142 Å². The van der Waals surface area contributed by atoms with E-state index in [9.17, 15) is 8.42 Å². The predicted molar refractivity (Wildman–Crippen MR) is 91.9 cm³/mol. The number of likely N-dealkylation sites (tertiary alicyclic amines) is 1. The third kappa shape index (κ3) is 2.90. The summed E-state index contributed by atoms with van der Waals surface area (Å²) in [6, 6.07) is 11.1. The van der Waals surface area contributed by atoms with Gasteiger partial charge in [-0.05, 0) is 36.6 Å². The Morgan fingerprint density at radius 3 is 2.67 bits per heavy atom. The van der Waals surface area contributed by atoms with Crippen molar-refractivity contribution in [2.45, 2.75) is 29.9 Å². The standard InChI is InChI=1S/C17H20N4O2S/c22-24(23)16-6-2-1-5-15(16)19-17(20-24)7-10-21(11-8-17)13-14-4-3-9-18-12-14/h1-6,9,12,19-20H,7-8,10-11,13H2. The molecule has 2 N–H and O–H groups in total. The Bertz CT molecular complexity index is 831. The number of nitrogens with zero attached hydrogens (tertiary/aromatic N) is 2. The molecule has 4 rings (SSSR count). The SMILES string of the molecule is O=S1(=O)NC2(CCN(Cc3cccnc3)CC2)Nc2ccccc21. The molecule has 1 aromatic heterocycles. The van der Waals surface area contributed by atoms with Gasteiger partial charge in [0.05, 0.1) is 5.69 Å². The molecule has 1 aromatic carbocycles. The van der Waals surface area contributed by atoms with Gasteiger partial charge >= 0.3 is 0 Å². The summed E-state index contributed by atoms with van der Waals surface area (Å²) in [6.07, 6.45) is 5.09. The van der Waals surface area contributed by atoms with E-state index in [1.165, 1.54) is 5.56 Å². The van der Waals surface area contributed by atoms with Crippen LogP contribution in [-0.4, -0.2) is 37.1 Å². The van der Waals surface area contributed by atoms with Crippen LogP contribution in [0.2, 0.25) is 0 Å². The maximum atomic E-state index is 12.5. The highest BCUT2D eigenvalue weighted by Gasteiger charge is 2.42. The number of hydrogen-bond donors (Lipinski definition) is 2. The number of para-hydroxylation sites is 1. The third-order valence-corrected chi connectivity index (χ3v) is 6.31. The molecule has 0 saturated carbocycles. The van der Waals surface area contributed by atoms with Gasteiger partial charge in [0.25, 0.3) is 0 Å². The van der Waals surface area contributed by atoms with Gasteiger partial charge in [-0.25, -0.2) is 8.42 Å². The molecule has 126 valence electrons. The summed E-state index contributed by atoms with van der Waals surface area (Å²) < 4.78 is 28.0. The number of benzene rings is 1. The Balaban J connectivity index is 1.49. The molecule has 0 aliphatic carbocycles. The molecule has 0 bridgehead atoms. The second-order valence-corrected chi connectivity index (χ2v) is 8.10. The van der Waals surface area contributed by atoms with Crippen LogP contribution in [0.1, 0.15) is 18.4 Å². The molecule has 24 heavy (non-hydrogen) atoms. The molecule has 1 saturated heterocycles. The van der Waals surface area contributed by atoms with Crippen molar-refractivity contribution in [3.05, 3.63) is 54.4 Å². The predicted octanol–water partition coefficient (Wildman–Crippen LogP) is 1.78. The van der Waals surface area contributed by atoms with Gasteiger partial charge < -0.3 is 5.32 Å². The lowest BCUT2D eigenvalue weighted by Gasteiger charge is -2.45. The van der Waals surface area contributed by atoms with Gasteiger partial charge in [-0.1, -0.05) is 18.2 Å². The molecule has 0 unspecified atom stereocenters. The summed E-state index contributed by atoms with van der Waals surface area (Å²) in [5.74, 6) is 0. The van der Waals surface area contributed by atoms with E-state index in [1.54, 1.807) is 18.3 Å². The highest BCUT2D eigenvalue weighted by Crippen LogP contribution is 2.34. The van der Waals surface area contributed by atoms with E-state index >= 15 is 0 Å². The molecular formula is C17H20N4O2S. The summed E-state index contributed by atoms with van der Waals surface area (Å²) in [5.41, 5.74) is 1.28. The molecule has 0 amide bonds. The number of nitrogens with one attached hydrogen (secondary N) is 2. The van der Waals surface area contributed by atoms with Crippen molar-refractivity contribution in [2.24, 2.45) is 0 Å². The topological polar surface area (TPSA) is 74.3 Å². The van der Waals surface area contributed by atoms with Gasteiger partial charge in [0, 0.05) is 32.0 Å². The Morgan fingerprint density at radius 1 is 1.12 bits per heavy atom. The smallest absolute Gasteiger partial charge is 0.244 e. The van der Waals surface area contributed by atoms with Crippen LogP contribution in [0.15, 0.2) is 53.7 Å². The second kappa shape index (κ2) is 5.84. The van der Waals surface area contributed by atoms with Crippen molar-refractivity contribution in [3.8, 4) is 0 Å². The minimum absolute atomic E-state index is 0.327. The molecule has 3 heterocycles. The van der Waals surface area contributed by atoms with Crippen molar-refractivity contribution in [3.63, 3.8) is 0 Å². The van der Waals surface area contributed by atoms with E-state index in [0.717, 1.165) is 32.5 Å². The first-order valence-corrected chi connectivity index (χ1v) is 9.57. The number of sulfonamides is 1. The van der Waals surface area contributed by atoms with Gasteiger partial charge in [-0.15, -0.1) is 0 Å². The zero-order chi connectivity index (χ0) is 16.6. The lowest BCUT2D eigenvalue weighted by molar-refractivity contribution is 0.158. The van der Waals surface area contributed by atoms with Crippen LogP contribution >= 0.6 is 0 Å². The first-order chi connectivity index (χ1) is 11.6. The van der Waals surface area contributed by atoms with Crippen molar-refractivity contribution >= 4 is 15.7 Å². The summed E-state index contributed by atoms with van der Waals surface area (Å²) in [6.45, 7) is 2.49. The van der Waals surface area contributed by atoms with E-state index < -0.39 is 15.7 Å². The fourth-order valence-corrected chi connectivity index (χ4v) is 5.02. The number of piperidine rings is 1. The van der Waals surface area contributed by atoms with Crippen LogP contribution in [0, 0.1) is 0 Å². The monoisotopic (exact) mass is 344 g/mol. The van der Waals surface area contributed by atoms with E-state index in [4.69, 9.17) is 0 Å². The van der Waals surface area contributed by atoms with Gasteiger partial charge in [0.2, 0.25) is 10.0 Å². The van der Waals surface area contributed by atoms with Crippen LogP contribution in [0.5, 0.6) is 0 Å². The van der Waals surface area contributed by atoms with Gasteiger partial charge in [0.1, 0.15) is 10.6 Å². The highest BCUT2D eigenvalue weighted by atomic mass is 32.2. The third-order valence-electron chi connectivity index (χ3n) is 4.72. The quantitative estimate of drug-likeness (QED) is 0.869.